The summed E-state index contributed by atoms with van der Waals surface area (Å²) in [6, 6.07) is 16.8. The molecule has 3 aromatic heterocycles. The van der Waals surface area contributed by atoms with E-state index in [4.69, 9.17) is 5.73 Å². The standard InChI is InChI=1S/C20H14FN5/c21-16-8-2-7-15-17-11-14(25-26(17)20(22)24-19(15)16)10-13-5-1-4-12-6-3-9-23-18(12)13/h1-9,11H,10H2,(H2,22,24). The van der Waals surface area contributed by atoms with Gasteiger partial charge < -0.3 is 5.73 Å². The van der Waals surface area contributed by atoms with Crippen LogP contribution in [-0.2, 0) is 6.42 Å². The first-order chi connectivity index (χ1) is 12.7. The SMILES string of the molecule is Nc1nc2c(F)cccc2c2cc(Cc3cccc4cccnc34)nn12. The van der Waals surface area contributed by atoms with Crippen LogP contribution >= 0.6 is 0 Å². The van der Waals surface area contributed by atoms with Gasteiger partial charge in [0, 0.05) is 23.4 Å². The minimum absolute atomic E-state index is 0.167. The molecule has 0 fully saturated rings. The maximum atomic E-state index is 14.1. The van der Waals surface area contributed by atoms with E-state index in [0.717, 1.165) is 27.7 Å². The van der Waals surface area contributed by atoms with Crippen LogP contribution in [0.25, 0.3) is 27.3 Å². The van der Waals surface area contributed by atoms with Crippen molar-refractivity contribution in [3.8, 4) is 0 Å². The van der Waals surface area contributed by atoms with E-state index in [1.165, 1.54) is 6.07 Å². The van der Waals surface area contributed by atoms with Gasteiger partial charge in [0.15, 0.2) is 0 Å². The second kappa shape index (κ2) is 5.49. The zero-order chi connectivity index (χ0) is 17.7. The lowest BCUT2D eigenvalue weighted by Gasteiger charge is -2.04. The first kappa shape index (κ1) is 14.8. The second-order valence-electron chi connectivity index (χ2n) is 6.21. The van der Waals surface area contributed by atoms with E-state index in [1.54, 1.807) is 16.8 Å². The third-order valence-corrected chi connectivity index (χ3v) is 4.55. The Kier molecular flexibility index (Phi) is 3.12. The van der Waals surface area contributed by atoms with E-state index in [-0.39, 0.29) is 11.5 Å². The van der Waals surface area contributed by atoms with Gasteiger partial charge in [-0.2, -0.15) is 9.61 Å². The Labute approximate surface area is 147 Å². The molecule has 2 aromatic carbocycles. The van der Waals surface area contributed by atoms with Gasteiger partial charge >= 0.3 is 0 Å². The molecule has 0 aliphatic rings. The molecule has 3 heterocycles. The van der Waals surface area contributed by atoms with Crippen molar-refractivity contribution in [2.75, 3.05) is 5.73 Å². The van der Waals surface area contributed by atoms with Crippen LogP contribution in [0.15, 0.2) is 60.8 Å². The molecule has 0 spiro atoms. The van der Waals surface area contributed by atoms with Crippen molar-refractivity contribution in [3.05, 3.63) is 77.9 Å². The monoisotopic (exact) mass is 343 g/mol. The quantitative estimate of drug-likeness (QED) is 0.530. The molecule has 126 valence electrons. The lowest BCUT2D eigenvalue weighted by atomic mass is 10.1. The Morgan fingerprint density at radius 2 is 1.85 bits per heavy atom. The summed E-state index contributed by atoms with van der Waals surface area (Å²) in [6.07, 6.45) is 2.39. The topological polar surface area (TPSA) is 69.1 Å². The molecule has 0 amide bonds. The van der Waals surface area contributed by atoms with Crippen LogP contribution in [0.1, 0.15) is 11.3 Å². The summed E-state index contributed by atoms with van der Waals surface area (Å²) in [7, 11) is 0. The summed E-state index contributed by atoms with van der Waals surface area (Å²) in [5, 5.41) is 6.35. The molecule has 0 unspecified atom stereocenters. The highest BCUT2D eigenvalue weighted by molar-refractivity contribution is 5.94. The van der Waals surface area contributed by atoms with Gasteiger partial charge in [-0.05, 0) is 23.8 Å². The van der Waals surface area contributed by atoms with Gasteiger partial charge in [-0.25, -0.2) is 9.37 Å². The second-order valence-corrected chi connectivity index (χ2v) is 6.21. The Balaban J connectivity index is 1.69. The number of anilines is 1. The molecule has 5 aromatic rings. The summed E-state index contributed by atoms with van der Waals surface area (Å²) in [5.74, 6) is -0.224. The highest BCUT2D eigenvalue weighted by Crippen LogP contribution is 2.25. The van der Waals surface area contributed by atoms with Crippen molar-refractivity contribution in [1.29, 1.82) is 0 Å². The van der Waals surface area contributed by atoms with Crippen LogP contribution in [0.3, 0.4) is 0 Å². The van der Waals surface area contributed by atoms with Crippen LogP contribution in [0, 0.1) is 5.82 Å². The molecule has 0 aliphatic heterocycles. The van der Waals surface area contributed by atoms with E-state index in [2.05, 4.69) is 15.1 Å². The largest absolute Gasteiger partial charge is 0.368 e. The molecule has 0 saturated heterocycles. The Bertz CT molecular complexity index is 1290. The molecule has 0 atom stereocenters. The molecule has 26 heavy (non-hydrogen) atoms. The summed E-state index contributed by atoms with van der Waals surface area (Å²) in [4.78, 5) is 8.65. The molecule has 0 saturated carbocycles. The van der Waals surface area contributed by atoms with Gasteiger partial charge in [-0.15, -0.1) is 0 Å². The Morgan fingerprint density at radius 1 is 1.00 bits per heavy atom. The zero-order valence-corrected chi connectivity index (χ0v) is 13.7. The zero-order valence-electron chi connectivity index (χ0n) is 13.7. The first-order valence-corrected chi connectivity index (χ1v) is 8.26. The fraction of sp³-hybridized carbons (Fsp3) is 0.0500. The maximum absolute atomic E-state index is 14.1. The van der Waals surface area contributed by atoms with Crippen molar-refractivity contribution in [2.24, 2.45) is 0 Å². The fourth-order valence-electron chi connectivity index (χ4n) is 3.39. The van der Waals surface area contributed by atoms with E-state index in [9.17, 15) is 4.39 Å². The summed E-state index contributed by atoms with van der Waals surface area (Å²) in [5.41, 5.74) is 9.86. The maximum Gasteiger partial charge on any atom is 0.222 e. The van der Waals surface area contributed by atoms with Gasteiger partial charge in [-0.1, -0.05) is 36.4 Å². The van der Waals surface area contributed by atoms with Crippen LogP contribution in [0.5, 0.6) is 0 Å². The molecule has 5 rings (SSSR count). The number of para-hydroxylation sites is 2. The smallest absolute Gasteiger partial charge is 0.222 e. The van der Waals surface area contributed by atoms with E-state index in [1.807, 2.05) is 42.5 Å². The molecule has 5 nitrogen and oxygen atoms in total. The molecule has 0 radical (unpaired) electrons. The molecular weight excluding hydrogens is 329 g/mol. The predicted molar refractivity (Wildman–Crippen MR) is 99.4 cm³/mol. The average molecular weight is 343 g/mol. The molecule has 2 N–H and O–H groups in total. The number of pyridine rings is 1. The Morgan fingerprint density at radius 3 is 2.77 bits per heavy atom. The number of nitrogens with two attached hydrogens (primary N) is 1. The minimum atomic E-state index is -0.391. The summed E-state index contributed by atoms with van der Waals surface area (Å²) < 4.78 is 15.6. The number of hydrogen-bond donors (Lipinski definition) is 1. The van der Waals surface area contributed by atoms with Gasteiger partial charge in [0.05, 0.1) is 16.7 Å². The number of benzene rings is 2. The third-order valence-electron chi connectivity index (χ3n) is 4.55. The van der Waals surface area contributed by atoms with Crippen molar-refractivity contribution >= 4 is 33.3 Å². The fourth-order valence-corrected chi connectivity index (χ4v) is 3.39. The van der Waals surface area contributed by atoms with Crippen LogP contribution in [0.4, 0.5) is 10.3 Å². The van der Waals surface area contributed by atoms with Gasteiger partial charge in [-0.3, -0.25) is 4.98 Å². The lowest BCUT2D eigenvalue weighted by Crippen LogP contribution is -2.03. The van der Waals surface area contributed by atoms with E-state index in [0.29, 0.717) is 11.8 Å². The summed E-state index contributed by atoms with van der Waals surface area (Å²) in [6.45, 7) is 0. The number of halogens is 1. The Hall–Kier alpha value is -3.54. The van der Waals surface area contributed by atoms with Gasteiger partial charge in [0.1, 0.15) is 11.3 Å². The summed E-state index contributed by atoms with van der Waals surface area (Å²) >= 11 is 0. The number of rotatable bonds is 2. The average Bonchev–Trinajstić information content (AvgIpc) is 3.08. The van der Waals surface area contributed by atoms with Crippen molar-refractivity contribution in [3.63, 3.8) is 0 Å². The number of nitrogen functional groups attached to an aromatic ring is 1. The van der Waals surface area contributed by atoms with Crippen LogP contribution in [0.2, 0.25) is 0 Å². The normalized spacial score (nSPS) is 11.6. The van der Waals surface area contributed by atoms with Crippen molar-refractivity contribution in [2.45, 2.75) is 6.42 Å². The van der Waals surface area contributed by atoms with Crippen LogP contribution in [-0.4, -0.2) is 19.6 Å². The van der Waals surface area contributed by atoms with Gasteiger partial charge in [0.2, 0.25) is 5.95 Å². The number of fused-ring (bicyclic) bond motifs is 4. The predicted octanol–water partition coefficient (Wildman–Crippen LogP) is 3.74. The molecule has 0 aliphatic carbocycles. The van der Waals surface area contributed by atoms with Crippen molar-refractivity contribution in [1.82, 2.24) is 19.6 Å². The number of nitrogens with zero attached hydrogens (tertiary/aromatic N) is 4. The van der Waals surface area contributed by atoms with E-state index < -0.39 is 5.82 Å². The molecule has 0 bridgehead atoms. The third kappa shape index (κ3) is 2.19. The lowest BCUT2D eigenvalue weighted by molar-refractivity contribution is 0.636. The van der Waals surface area contributed by atoms with Gasteiger partial charge in [0.25, 0.3) is 0 Å². The van der Waals surface area contributed by atoms with E-state index >= 15 is 0 Å². The van der Waals surface area contributed by atoms with Crippen LogP contribution < -0.4 is 5.73 Å². The first-order valence-electron chi connectivity index (χ1n) is 8.26. The molecule has 6 heteroatoms. The minimum Gasteiger partial charge on any atom is -0.368 e. The number of aromatic nitrogens is 4. The number of hydrogen-bond acceptors (Lipinski definition) is 4. The highest BCUT2D eigenvalue weighted by atomic mass is 19.1. The molecular formula is C20H14FN5. The highest BCUT2D eigenvalue weighted by Gasteiger charge is 2.13. The van der Waals surface area contributed by atoms with Crippen molar-refractivity contribution < 1.29 is 4.39 Å².